The van der Waals surface area contributed by atoms with Gasteiger partial charge in [0.05, 0.1) is 5.01 Å². The van der Waals surface area contributed by atoms with Gasteiger partial charge in [0, 0.05) is 0 Å². The quantitative estimate of drug-likeness (QED) is 0.408. The smallest absolute Gasteiger partial charge is 0.203 e. The summed E-state index contributed by atoms with van der Waals surface area (Å²) in [6, 6.07) is 0. The molecule has 4 nitrogen and oxygen atoms in total. The molecule has 1 heterocycles. The summed E-state index contributed by atoms with van der Waals surface area (Å²) in [6.07, 6.45) is 0. The first kappa shape index (κ1) is 7.01. The van der Waals surface area contributed by atoms with Crippen LogP contribution in [0.3, 0.4) is 0 Å². The second-order valence-corrected chi connectivity index (χ2v) is 2.98. The summed E-state index contributed by atoms with van der Waals surface area (Å²) in [5.41, 5.74) is 5.28. The Bertz CT molecular complexity index is 268. The van der Waals surface area contributed by atoms with Crippen molar-refractivity contribution in [1.82, 2.24) is 4.98 Å². The number of nitrogens with one attached hydrogen (secondary N) is 1. The van der Waals surface area contributed by atoms with Crippen LogP contribution >= 0.6 is 11.3 Å². The number of nitrogens with zero attached hydrogens (tertiary/aromatic N) is 1. The lowest BCUT2D eigenvalue weighted by atomic mass is 10.4. The van der Waals surface area contributed by atoms with E-state index in [-0.39, 0.29) is 16.6 Å². The fourth-order valence-corrected chi connectivity index (χ4v) is 1.26. The summed E-state index contributed by atoms with van der Waals surface area (Å²) in [4.78, 5) is 3.83. The lowest BCUT2D eigenvalue weighted by molar-refractivity contribution is 0.488. The monoisotopic (exact) mass is 157 g/mol. The molecule has 0 aliphatic rings. The Morgan fingerprint density at radius 3 is 2.60 bits per heavy atom. The molecule has 1 rings (SSSR count). The van der Waals surface area contributed by atoms with E-state index < -0.39 is 0 Å². The first-order valence-electron chi connectivity index (χ1n) is 2.62. The summed E-state index contributed by atoms with van der Waals surface area (Å²) >= 11 is 1.12. The molecule has 1 aromatic heterocycles. The van der Waals surface area contributed by atoms with Gasteiger partial charge in [-0.1, -0.05) is 11.3 Å². The summed E-state index contributed by atoms with van der Waals surface area (Å²) in [5.74, 6) is -0.193. The number of amidine groups is 1. The molecule has 0 radical (unpaired) electrons. The molecule has 5 heteroatoms. The van der Waals surface area contributed by atoms with Crippen LogP contribution in [0.25, 0.3) is 0 Å². The Hall–Kier alpha value is -1.10. The lowest BCUT2D eigenvalue weighted by Gasteiger charge is -1.88. The van der Waals surface area contributed by atoms with Gasteiger partial charge in [0.1, 0.15) is 5.84 Å². The molecular weight excluding hydrogens is 150 g/mol. The maximum atomic E-state index is 9.04. The molecule has 0 atom stereocenters. The molecule has 0 aromatic carbocycles. The number of aryl methyl sites for hydroxylation is 1. The highest BCUT2D eigenvalue weighted by atomic mass is 32.1. The van der Waals surface area contributed by atoms with Crippen LogP contribution in [0.2, 0.25) is 0 Å². The topological polar surface area (TPSA) is 83.0 Å². The molecule has 0 bridgehead atoms. The van der Waals surface area contributed by atoms with E-state index in [0.29, 0.717) is 5.01 Å². The molecule has 0 spiro atoms. The van der Waals surface area contributed by atoms with Crippen molar-refractivity contribution in [3.63, 3.8) is 0 Å². The van der Waals surface area contributed by atoms with Crippen molar-refractivity contribution in [3.05, 3.63) is 10.7 Å². The highest BCUT2D eigenvalue weighted by Crippen LogP contribution is 2.23. The average molecular weight is 157 g/mol. The van der Waals surface area contributed by atoms with Crippen molar-refractivity contribution in [2.75, 3.05) is 0 Å². The number of aromatic nitrogens is 1. The minimum atomic E-state index is -0.193. The third-order valence-corrected chi connectivity index (χ3v) is 1.74. The van der Waals surface area contributed by atoms with Gasteiger partial charge in [-0.3, -0.25) is 5.41 Å². The molecule has 0 unspecified atom stereocenters. The Morgan fingerprint density at radius 1 is 1.80 bits per heavy atom. The van der Waals surface area contributed by atoms with Crippen LogP contribution in [-0.2, 0) is 0 Å². The predicted octanol–water partition coefficient (Wildman–Crippen LogP) is 0.441. The minimum Gasteiger partial charge on any atom is -0.498 e. The van der Waals surface area contributed by atoms with E-state index in [2.05, 4.69) is 4.98 Å². The highest BCUT2D eigenvalue weighted by molar-refractivity contribution is 7.13. The van der Waals surface area contributed by atoms with Gasteiger partial charge in [-0.25, -0.2) is 4.98 Å². The molecule has 4 N–H and O–H groups in total. The third-order valence-electron chi connectivity index (χ3n) is 0.971. The van der Waals surface area contributed by atoms with Crippen molar-refractivity contribution >= 4 is 17.2 Å². The van der Waals surface area contributed by atoms with Crippen molar-refractivity contribution in [2.45, 2.75) is 6.92 Å². The SMILES string of the molecule is Cc1nc(C(=N)N)c(O)s1. The zero-order chi connectivity index (χ0) is 7.72. The van der Waals surface area contributed by atoms with E-state index in [4.69, 9.17) is 16.2 Å². The number of thiazole rings is 1. The summed E-state index contributed by atoms with van der Waals surface area (Å²) < 4.78 is 0. The first-order valence-corrected chi connectivity index (χ1v) is 3.43. The zero-order valence-electron chi connectivity index (χ0n) is 5.38. The zero-order valence-corrected chi connectivity index (χ0v) is 6.20. The van der Waals surface area contributed by atoms with E-state index in [1.54, 1.807) is 6.92 Å². The van der Waals surface area contributed by atoms with Crippen molar-refractivity contribution < 1.29 is 5.11 Å². The number of aromatic hydroxyl groups is 1. The molecular formula is C5H7N3OS. The molecule has 0 aliphatic heterocycles. The Labute approximate surface area is 61.8 Å². The van der Waals surface area contributed by atoms with Crippen LogP contribution in [0, 0.1) is 12.3 Å². The van der Waals surface area contributed by atoms with Crippen LogP contribution in [0.4, 0.5) is 0 Å². The van der Waals surface area contributed by atoms with Gasteiger partial charge in [-0.15, -0.1) is 0 Å². The number of rotatable bonds is 1. The summed E-state index contributed by atoms with van der Waals surface area (Å²) in [6.45, 7) is 1.75. The van der Waals surface area contributed by atoms with Gasteiger partial charge in [-0.05, 0) is 6.92 Å². The van der Waals surface area contributed by atoms with Crippen molar-refractivity contribution in [1.29, 1.82) is 5.41 Å². The van der Waals surface area contributed by atoms with Gasteiger partial charge in [-0.2, -0.15) is 0 Å². The van der Waals surface area contributed by atoms with E-state index in [0.717, 1.165) is 11.3 Å². The predicted molar refractivity (Wildman–Crippen MR) is 39.5 cm³/mol. The molecule has 0 saturated carbocycles. The van der Waals surface area contributed by atoms with Gasteiger partial charge >= 0.3 is 0 Å². The molecule has 0 saturated heterocycles. The van der Waals surface area contributed by atoms with Crippen LogP contribution < -0.4 is 5.73 Å². The maximum Gasteiger partial charge on any atom is 0.203 e. The standard InChI is InChI=1S/C5H7N3OS/c1-2-8-3(4(6)7)5(9)10-2/h9H,1H3,(H3,6,7). The number of nitrogens with two attached hydrogens (primary N) is 1. The van der Waals surface area contributed by atoms with Gasteiger partial charge in [0.15, 0.2) is 5.69 Å². The Balaban J connectivity index is 3.15. The van der Waals surface area contributed by atoms with Crippen LogP contribution in [-0.4, -0.2) is 15.9 Å². The van der Waals surface area contributed by atoms with Gasteiger partial charge < -0.3 is 10.8 Å². The van der Waals surface area contributed by atoms with Gasteiger partial charge in [0.2, 0.25) is 5.06 Å². The lowest BCUT2D eigenvalue weighted by Crippen LogP contribution is -2.11. The fraction of sp³-hybridized carbons (Fsp3) is 0.200. The normalized spacial score (nSPS) is 9.70. The average Bonchev–Trinajstić information content (AvgIpc) is 2.10. The van der Waals surface area contributed by atoms with E-state index >= 15 is 0 Å². The second kappa shape index (κ2) is 2.26. The van der Waals surface area contributed by atoms with Crippen molar-refractivity contribution in [2.24, 2.45) is 5.73 Å². The number of hydrogen-bond donors (Lipinski definition) is 3. The molecule has 0 amide bonds. The third kappa shape index (κ3) is 1.08. The second-order valence-electron chi connectivity index (χ2n) is 1.80. The molecule has 1 aromatic rings. The van der Waals surface area contributed by atoms with Crippen LogP contribution in [0.15, 0.2) is 0 Å². The molecule has 0 aliphatic carbocycles. The maximum absolute atomic E-state index is 9.04. The largest absolute Gasteiger partial charge is 0.498 e. The Morgan fingerprint density at radius 2 is 2.40 bits per heavy atom. The fourth-order valence-electron chi connectivity index (χ4n) is 0.592. The molecule has 0 fully saturated rings. The van der Waals surface area contributed by atoms with Gasteiger partial charge in [0.25, 0.3) is 0 Å². The van der Waals surface area contributed by atoms with E-state index in [1.165, 1.54) is 0 Å². The number of hydrogen-bond acceptors (Lipinski definition) is 4. The summed E-state index contributed by atoms with van der Waals surface area (Å²) in [5, 5.41) is 16.7. The molecule has 54 valence electrons. The van der Waals surface area contributed by atoms with E-state index in [9.17, 15) is 0 Å². The Kier molecular flexibility index (Phi) is 1.58. The summed E-state index contributed by atoms with van der Waals surface area (Å²) in [7, 11) is 0. The minimum absolute atomic E-state index is 0.0185. The van der Waals surface area contributed by atoms with Crippen LogP contribution in [0.1, 0.15) is 10.7 Å². The number of nitrogen functional groups attached to an aromatic ring is 1. The van der Waals surface area contributed by atoms with E-state index in [1.807, 2.05) is 0 Å². The molecule has 10 heavy (non-hydrogen) atoms. The van der Waals surface area contributed by atoms with Crippen molar-refractivity contribution in [3.8, 4) is 5.06 Å². The first-order chi connectivity index (χ1) is 4.61. The van der Waals surface area contributed by atoms with Crippen LogP contribution in [0.5, 0.6) is 5.06 Å². The highest BCUT2D eigenvalue weighted by Gasteiger charge is 2.08.